The van der Waals surface area contributed by atoms with Crippen LogP contribution in [0.25, 0.3) is 0 Å². The summed E-state index contributed by atoms with van der Waals surface area (Å²) in [6.45, 7) is 0.0233. The quantitative estimate of drug-likeness (QED) is 0.325. The van der Waals surface area contributed by atoms with Crippen molar-refractivity contribution in [1.82, 2.24) is 19.5 Å². The first-order chi connectivity index (χ1) is 12.9. The van der Waals surface area contributed by atoms with Crippen molar-refractivity contribution in [2.75, 3.05) is 16.8 Å². The molecule has 0 aliphatic carbocycles. The Morgan fingerprint density at radius 2 is 2.04 bits per heavy atom. The van der Waals surface area contributed by atoms with Gasteiger partial charge in [-0.15, -0.1) is 0 Å². The molecule has 0 radical (unpaired) electrons. The predicted octanol–water partition coefficient (Wildman–Crippen LogP) is -0.426. The van der Waals surface area contributed by atoms with Crippen molar-refractivity contribution in [2.24, 2.45) is 0 Å². The topological polar surface area (TPSA) is 169 Å². The van der Waals surface area contributed by atoms with Crippen LogP contribution in [0.4, 0.5) is 11.6 Å². The monoisotopic (exact) mass is 390 g/mol. The number of thioether (sulfide) groups is 1. The maximum absolute atomic E-state index is 12.2. The van der Waals surface area contributed by atoms with Crippen LogP contribution in [0.3, 0.4) is 0 Å². The number of amides is 1. The lowest BCUT2D eigenvalue weighted by Crippen LogP contribution is -2.33. The number of rotatable bonds is 6. The minimum absolute atomic E-state index is 0.0137. The van der Waals surface area contributed by atoms with E-state index in [1.165, 1.54) is 6.26 Å². The molecule has 12 heteroatoms. The molecule has 0 unspecified atom stereocenters. The lowest BCUT2D eigenvalue weighted by molar-refractivity contribution is -0.113. The summed E-state index contributed by atoms with van der Waals surface area (Å²) in [7, 11) is 0. The zero-order valence-corrected chi connectivity index (χ0v) is 14.5. The van der Waals surface area contributed by atoms with Crippen LogP contribution in [-0.2, 0) is 11.3 Å². The van der Waals surface area contributed by atoms with E-state index in [-0.39, 0.29) is 29.1 Å². The molecule has 0 saturated carbocycles. The molecule has 140 valence electrons. The number of hydrogen-bond acceptors (Lipinski definition) is 8. The second-order valence-corrected chi connectivity index (χ2v) is 6.27. The van der Waals surface area contributed by atoms with Gasteiger partial charge < -0.3 is 20.5 Å². The first-order valence-corrected chi connectivity index (χ1v) is 8.55. The number of furan rings is 1. The average Bonchev–Trinajstić information content (AvgIpc) is 3.08. The standard InChI is InChI=1S/C15H14N6O5S/c16-9-4-11(22)19-14(17-9)27-7-13(24)18-10-5-12(23)20-15(25)21(10)6-8-2-1-3-26-8/h1-5H,6-7H2,(H,18,24)(H,20,23,25)(H3,16,17,19,22). The van der Waals surface area contributed by atoms with Gasteiger partial charge in [0.25, 0.3) is 11.1 Å². The Hall–Kier alpha value is -3.54. The first kappa shape index (κ1) is 18.3. The summed E-state index contributed by atoms with van der Waals surface area (Å²) in [5.41, 5.74) is 3.70. The van der Waals surface area contributed by atoms with Gasteiger partial charge in [0.2, 0.25) is 5.91 Å². The maximum Gasteiger partial charge on any atom is 0.330 e. The molecule has 0 bridgehead atoms. The van der Waals surface area contributed by atoms with E-state index in [2.05, 4.69) is 20.3 Å². The van der Waals surface area contributed by atoms with Crippen LogP contribution in [-0.4, -0.2) is 31.2 Å². The highest BCUT2D eigenvalue weighted by atomic mass is 32.2. The number of aromatic nitrogens is 4. The van der Waals surface area contributed by atoms with Gasteiger partial charge >= 0.3 is 5.69 Å². The Labute approximate surface area is 154 Å². The van der Waals surface area contributed by atoms with E-state index >= 15 is 0 Å². The van der Waals surface area contributed by atoms with Crippen LogP contribution in [0.1, 0.15) is 5.76 Å². The van der Waals surface area contributed by atoms with Gasteiger partial charge in [-0.05, 0) is 12.1 Å². The third kappa shape index (κ3) is 4.76. The summed E-state index contributed by atoms with van der Waals surface area (Å²) in [6, 6.07) is 5.52. The van der Waals surface area contributed by atoms with Gasteiger partial charge in [0.05, 0.1) is 18.6 Å². The van der Waals surface area contributed by atoms with Crippen LogP contribution in [0.2, 0.25) is 0 Å². The molecule has 0 aliphatic rings. The molecule has 0 aromatic carbocycles. The molecule has 27 heavy (non-hydrogen) atoms. The van der Waals surface area contributed by atoms with Gasteiger partial charge in [0.1, 0.15) is 17.4 Å². The Bertz CT molecular complexity index is 1130. The third-order valence-electron chi connectivity index (χ3n) is 3.28. The summed E-state index contributed by atoms with van der Waals surface area (Å²) in [5.74, 6) is -0.129. The number of H-pyrrole nitrogens is 2. The molecule has 3 aromatic heterocycles. The smallest absolute Gasteiger partial charge is 0.330 e. The number of aromatic amines is 2. The van der Waals surface area contributed by atoms with Gasteiger partial charge in [-0.2, -0.15) is 0 Å². The molecule has 3 heterocycles. The zero-order valence-electron chi connectivity index (χ0n) is 13.7. The van der Waals surface area contributed by atoms with E-state index in [4.69, 9.17) is 10.2 Å². The number of anilines is 2. The Morgan fingerprint density at radius 3 is 2.74 bits per heavy atom. The SMILES string of the molecule is Nc1cc(=O)[nH]c(SCC(=O)Nc2cc(=O)[nH]c(=O)n2Cc2ccco2)n1. The summed E-state index contributed by atoms with van der Waals surface area (Å²) >= 11 is 0.945. The highest BCUT2D eigenvalue weighted by molar-refractivity contribution is 7.99. The van der Waals surface area contributed by atoms with E-state index in [1.807, 2.05) is 0 Å². The number of nitrogen functional groups attached to an aromatic ring is 1. The molecule has 0 spiro atoms. The number of carbonyl (C=O) groups excluding carboxylic acids is 1. The number of carbonyl (C=O) groups is 1. The molecule has 0 atom stereocenters. The molecular formula is C15H14N6O5S. The summed E-state index contributed by atoms with van der Waals surface area (Å²) in [4.78, 5) is 55.7. The fourth-order valence-corrected chi connectivity index (χ4v) is 2.86. The summed E-state index contributed by atoms with van der Waals surface area (Å²) in [5, 5.41) is 2.67. The van der Waals surface area contributed by atoms with Crippen molar-refractivity contribution in [2.45, 2.75) is 11.7 Å². The molecular weight excluding hydrogens is 376 g/mol. The average molecular weight is 390 g/mol. The van der Waals surface area contributed by atoms with Crippen LogP contribution < -0.4 is 27.9 Å². The minimum atomic E-state index is -0.691. The molecule has 1 amide bonds. The molecule has 0 saturated heterocycles. The highest BCUT2D eigenvalue weighted by Crippen LogP contribution is 2.13. The van der Waals surface area contributed by atoms with Gasteiger partial charge in [0.15, 0.2) is 5.16 Å². The van der Waals surface area contributed by atoms with E-state index in [9.17, 15) is 19.2 Å². The normalized spacial score (nSPS) is 10.7. The molecule has 5 N–H and O–H groups in total. The van der Waals surface area contributed by atoms with Crippen LogP contribution >= 0.6 is 11.8 Å². The fourth-order valence-electron chi connectivity index (χ4n) is 2.17. The first-order valence-electron chi connectivity index (χ1n) is 7.57. The van der Waals surface area contributed by atoms with Crippen molar-refractivity contribution in [3.05, 3.63) is 67.5 Å². The number of nitrogens with one attached hydrogen (secondary N) is 3. The van der Waals surface area contributed by atoms with E-state index in [1.54, 1.807) is 12.1 Å². The van der Waals surface area contributed by atoms with Crippen molar-refractivity contribution < 1.29 is 9.21 Å². The zero-order chi connectivity index (χ0) is 19.4. The van der Waals surface area contributed by atoms with Gasteiger partial charge in [0, 0.05) is 12.1 Å². The number of nitrogens with two attached hydrogens (primary N) is 1. The molecule has 3 aromatic rings. The Morgan fingerprint density at radius 1 is 1.26 bits per heavy atom. The molecule has 0 fully saturated rings. The largest absolute Gasteiger partial charge is 0.467 e. The van der Waals surface area contributed by atoms with Gasteiger partial charge in [-0.1, -0.05) is 11.8 Å². The van der Waals surface area contributed by atoms with Crippen LogP contribution in [0.15, 0.2) is 54.5 Å². The minimum Gasteiger partial charge on any atom is -0.467 e. The molecule has 3 rings (SSSR count). The number of hydrogen-bond donors (Lipinski definition) is 4. The van der Waals surface area contributed by atoms with E-state index in [0.29, 0.717) is 5.76 Å². The predicted molar refractivity (Wildman–Crippen MR) is 97.8 cm³/mol. The molecule has 11 nitrogen and oxygen atoms in total. The summed E-state index contributed by atoms with van der Waals surface area (Å²) < 4.78 is 6.34. The van der Waals surface area contributed by atoms with Crippen molar-refractivity contribution >= 4 is 29.3 Å². The Kier molecular flexibility index (Phi) is 5.26. The summed E-state index contributed by atoms with van der Waals surface area (Å²) in [6.07, 6.45) is 1.44. The van der Waals surface area contributed by atoms with Crippen molar-refractivity contribution in [1.29, 1.82) is 0 Å². The molecule has 0 aliphatic heterocycles. The number of nitrogens with zero attached hydrogens (tertiary/aromatic N) is 2. The van der Waals surface area contributed by atoms with E-state index in [0.717, 1.165) is 28.5 Å². The van der Waals surface area contributed by atoms with Gasteiger partial charge in [-0.25, -0.2) is 9.78 Å². The van der Waals surface area contributed by atoms with Crippen LogP contribution in [0.5, 0.6) is 0 Å². The van der Waals surface area contributed by atoms with Gasteiger partial charge in [-0.3, -0.25) is 23.9 Å². The van der Waals surface area contributed by atoms with Crippen LogP contribution in [0, 0.1) is 0 Å². The highest BCUT2D eigenvalue weighted by Gasteiger charge is 2.12. The van der Waals surface area contributed by atoms with Crippen molar-refractivity contribution in [3.63, 3.8) is 0 Å². The Balaban J connectivity index is 1.76. The lowest BCUT2D eigenvalue weighted by atomic mass is 10.4. The second kappa shape index (κ2) is 7.78. The van der Waals surface area contributed by atoms with E-state index < -0.39 is 22.7 Å². The second-order valence-electron chi connectivity index (χ2n) is 5.30. The van der Waals surface area contributed by atoms with Crippen molar-refractivity contribution in [3.8, 4) is 0 Å². The fraction of sp³-hybridized carbons (Fsp3) is 0.133. The maximum atomic E-state index is 12.2. The lowest BCUT2D eigenvalue weighted by Gasteiger charge is -2.11. The third-order valence-corrected chi connectivity index (χ3v) is 4.15.